The van der Waals surface area contributed by atoms with Crippen LogP contribution in [0.5, 0.6) is 0 Å². The van der Waals surface area contributed by atoms with Gasteiger partial charge in [-0.1, -0.05) is 60.2 Å². The van der Waals surface area contributed by atoms with Crippen LogP contribution >= 0.6 is 0 Å². The molecule has 0 radical (unpaired) electrons. The molecule has 0 saturated carbocycles. The van der Waals surface area contributed by atoms with Crippen LogP contribution in [-0.4, -0.2) is 8.32 Å². The Hall–Kier alpha value is -1.38. The summed E-state index contributed by atoms with van der Waals surface area (Å²) < 4.78 is 6.20. The number of benzene rings is 2. The molecule has 0 aliphatic heterocycles. The average molecular weight is 256 g/mol. The lowest BCUT2D eigenvalue weighted by molar-refractivity contribution is 0.304. The van der Waals surface area contributed by atoms with E-state index in [4.69, 9.17) is 4.43 Å². The van der Waals surface area contributed by atoms with Crippen molar-refractivity contribution < 1.29 is 4.43 Å². The van der Waals surface area contributed by atoms with Gasteiger partial charge in [0.05, 0.1) is 6.61 Å². The van der Waals surface area contributed by atoms with Gasteiger partial charge in [-0.3, -0.25) is 0 Å². The van der Waals surface area contributed by atoms with Gasteiger partial charge in [-0.15, -0.1) is 0 Å². The Morgan fingerprint density at radius 1 is 0.944 bits per heavy atom. The first-order valence-electron chi connectivity index (χ1n) is 6.33. The van der Waals surface area contributed by atoms with E-state index < -0.39 is 8.32 Å². The highest BCUT2D eigenvalue weighted by atomic mass is 28.4. The van der Waals surface area contributed by atoms with Crippen molar-refractivity contribution in [3.05, 3.63) is 65.7 Å². The van der Waals surface area contributed by atoms with Crippen LogP contribution in [0.2, 0.25) is 13.1 Å². The molecule has 0 heterocycles. The molecule has 2 aromatic carbocycles. The van der Waals surface area contributed by atoms with Crippen LogP contribution < -0.4 is 5.19 Å². The van der Waals surface area contributed by atoms with Crippen molar-refractivity contribution >= 4 is 13.5 Å². The number of aryl methyl sites for hydroxylation is 1. The molecule has 0 bridgehead atoms. The van der Waals surface area contributed by atoms with Gasteiger partial charge in [0, 0.05) is 0 Å². The van der Waals surface area contributed by atoms with Crippen LogP contribution in [0.15, 0.2) is 54.6 Å². The monoisotopic (exact) mass is 256 g/mol. The van der Waals surface area contributed by atoms with Crippen LogP contribution in [0.4, 0.5) is 0 Å². The van der Waals surface area contributed by atoms with Gasteiger partial charge >= 0.3 is 0 Å². The summed E-state index contributed by atoms with van der Waals surface area (Å²) in [5.41, 5.74) is 2.54. The molecule has 18 heavy (non-hydrogen) atoms. The summed E-state index contributed by atoms with van der Waals surface area (Å²) in [6.07, 6.45) is 0. The molecule has 0 N–H and O–H groups in total. The van der Waals surface area contributed by atoms with Crippen molar-refractivity contribution in [1.82, 2.24) is 0 Å². The van der Waals surface area contributed by atoms with Crippen molar-refractivity contribution in [1.29, 1.82) is 0 Å². The summed E-state index contributed by atoms with van der Waals surface area (Å²) in [5.74, 6) is 0. The Balaban J connectivity index is 2.08. The van der Waals surface area contributed by atoms with Gasteiger partial charge in [0.2, 0.25) is 8.32 Å². The molecule has 0 aliphatic carbocycles. The van der Waals surface area contributed by atoms with Crippen LogP contribution in [0.3, 0.4) is 0 Å². The van der Waals surface area contributed by atoms with E-state index in [0.29, 0.717) is 6.61 Å². The molecule has 0 fully saturated rings. The standard InChI is InChI=1S/C16H20OSi/c1-14-8-7-11-16(12-14)18(2,3)17-13-15-9-5-4-6-10-15/h4-12H,13H2,1-3H3. The summed E-state index contributed by atoms with van der Waals surface area (Å²) in [6.45, 7) is 7.34. The van der Waals surface area contributed by atoms with E-state index in [0.717, 1.165) is 0 Å². The normalized spacial score (nSPS) is 11.5. The topological polar surface area (TPSA) is 9.23 Å². The zero-order valence-corrected chi connectivity index (χ0v) is 12.3. The van der Waals surface area contributed by atoms with Gasteiger partial charge < -0.3 is 4.43 Å². The third-order valence-corrected chi connectivity index (χ3v) is 5.72. The summed E-state index contributed by atoms with van der Waals surface area (Å²) in [4.78, 5) is 0. The summed E-state index contributed by atoms with van der Waals surface area (Å²) >= 11 is 0. The van der Waals surface area contributed by atoms with Crippen molar-refractivity contribution in [3.8, 4) is 0 Å². The van der Waals surface area contributed by atoms with E-state index in [1.165, 1.54) is 16.3 Å². The first kappa shape index (κ1) is 13.1. The SMILES string of the molecule is Cc1cccc([Si](C)(C)OCc2ccccc2)c1. The average Bonchev–Trinajstić information content (AvgIpc) is 2.38. The maximum Gasteiger partial charge on any atom is 0.218 e. The van der Waals surface area contributed by atoms with E-state index in [1.807, 2.05) is 6.07 Å². The zero-order valence-electron chi connectivity index (χ0n) is 11.3. The van der Waals surface area contributed by atoms with E-state index in [-0.39, 0.29) is 0 Å². The Bertz CT molecular complexity index is 506. The molecule has 0 atom stereocenters. The molecule has 0 aliphatic rings. The van der Waals surface area contributed by atoms with Gasteiger partial charge in [0.15, 0.2) is 0 Å². The highest BCUT2D eigenvalue weighted by Gasteiger charge is 2.25. The first-order valence-corrected chi connectivity index (χ1v) is 9.24. The Labute approximate surface area is 111 Å². The van der Waals surface area contributed by atoms with Crippen molar-refractivity contribution in [2.45, 2.75) is 26.6 Å². The molecule has 2 aromatic rings. The number of hydrogen-bond donors (Lipinski definition) is 0. The van der Waals surface area contributed by atoms with E-state index in [1.54, 1.807) is 0 Å². The van der Waals surface area contributed by atoms with Gasteiger partial charge in [0.25, 0.3) is 0 Å². The highest BCUT2D eigenvalue weighted by molar-refractivity contribution is 6.84. The Kier molecular flexibility index (Phi) is 3.99. The van der Waals surface area contributed by atoms with E-state index in [9.17, 15) is 0 Å². The molecule has 0 aromatic heterocycles. The molecule has 1 nitrogen and oxygen atoms in total. The fraction of sp³-hybridized carbons (Fsp3) is 0.250. The highest BCUT2D eigenvalue weighted by Crippen LogP contribution is 2.11. The number of rotatable bonds is 4. The molecule has 0 unspecified atom stereocenters. The third-order valence-electron chi connectivity index (χ3n) is 3.16. The maximum atomic E-state index is 6.20. The molecule has 2 heteroatoms. The molecular weight excluding hydrogens is 236 g/mol. The van der Waals surface area contributed by atoms with Crippen molar-refractivity contribution in [2.24, 2.45) is 0 Å². The van der Waals surface area contributed by atoms with Gasteiger partial charge in [-0.25, -0.2) is 0 Å². The van der Waals surface area contributed by atoms with Crippen molar-refractivity contribution in [2.75, 3.05) is 0 Å². The minimum absolute atomic E-state index is 0.702. The zero-order chi connectivity index (χ0) is 13.0. The molecule has 94 valence electrons. The second-order valence-electron chi connectivity index (χ2n) is 5.15. The molecule has 0 saturated heterocycles. The van der Waals surface area contributed by atoms with Crippen LogP contribution in [-0.2, 0) is 11.0 Å². The lowest BCUT2D eigenvalue weighted by Crippen LogP contribution is -2.44. The van der Waals surface area contributed by atoms with Crippen LogP contribution in [0.25, 0.3) is 0 Å². The van der Waals surface area contributed by atoms with Gasteiger partial charge in [-0.2, -0.15) is 0 Å². The van der Waals surface area contributed by atoms with E-state index in [2.05, 4.69) is 68.5 Å². The molecule has 0 amide bonds. The van der Waals surface area contributed by atoms with Gasteiger partial charge in [-0.05, 0) is 30.8 Å². The van der Waals surface area contributed by atoms with Crippen LogP contribution in [0.1, 0.15) is 11.1 Å². The Morgan fingerprint density at radius 2 is 1.67 bits per heavy atom. The Morgan fingerprint density at radius 3 is 2.33 bits per heavy atom. The molecule has 0 spiro atoms. The first-order chi connectivity index (χ1) is 8.58. The minimum Gasteiger partial charge on any atom is -0.409 e. The fourth-order valence-electron chi connectivity index (χ4n) is 1.94. The second-order valence-corrected chi connectivity index (χ2v) is 9.04. The summed E-state index contributed by atoms with van der Waals surface area (Å²) in [6, 6.07) is 19.0. The lowest BCUT2D eigenvalue weighted by Gasteiger charge is -2.23. The predicted octanol–water partition coefficient (Wildman–Crippen LogP) is 3.62. The second kappa shape index (κ2) is 5.51. The smallest absolute Gasteiger partial charge is 0.218 e. The van der Waals surface area contributed by atoms with Crippen LogP contribution in [0, 0.1) is 6.92 Å². The van der Waals surface area contributed by atoms with Gasteiger partial charge in [0.1, 0.15) is 0 Å². The quantitative estimate of drug-likeness (QED) is 0.759. The summed E-state index contributed by atoms with van der Waals surface area (Å²) in [7, 11) is -1.79. The maximum absolute atomic E-state index is 6.20. The molecule has 2 rings (SSSR count). The predicted molar refractivity (Wildman–Crippen MR) is 79.5 cm³/mol. The lowest BCUT2D eigenvalue weighted by atomic mass is 10.2. The van der Waals surface area contributed by atoms with E-state index >= 15 is 0 Å². The number of hydrogen-bond acceptors (Lipinski definition) is 1. The summed E-state index contributed by atoms with van der Waals surface area (Å²) in [5, 5.41) is 1.36. The molecular formula is C16H20OSi. The largest absolute Gasteiger partial charge is 0.409 e. The fourth-order valence-corrected chi connectivity index (χ4v) is 3.71. The third kappa shape index (κ3) is 3.31. The van der Waals surface area contributed by atoms with Crippen molar-refractivity contribution in [3.63, 3.8) is 0 Å². The minimum atomic E-state index is -1.79.